The van der Waals surface area contributed by atoms with Crippen molar-refractivity contribution < 1.29 is 4.74 Å². The Balaban J connectivity index is 2.76. The molecular weight excluding hydrogens is 174 g/mol. The number of allylic oxidation sites excluding steroid dienone is 3. The van der Waals surface area contributed by atoms with Gasteiger partial charge < -0.3 is 4.74 Å². The van der Waals surface area contributed by atoms with Crippen LogP contribution in [-0.2, 0) is 0 Å². The molecule has 0 N–H and O–H groups in total. The molecular formula is C12H15NO. The average molecular weight is 189 g/mol. The molecule has 0 radical (unpaired) electrons. The van der Waals surface area contributed by atoms with Gasteiger partial charge in [0.25, 0.3) is 0 Å². The Hall–Kier alpha value is -1.57. The zero-order valence-electron chi connectivity index (χ0n) is 8.66. The Morgan fingerprint density at radius 1 is 1.57 bits per heavy atom. The van der Waals surface area contributed by atoms with Gasteiger partial charge in [0.2, 0.25) is 5.88 Å². The maximum atomic E-state index is 4.97. The summed E-state index contributed by atoms with van der Waals surface area (Å²) in [5.41, 5.74) is 2.00. The van der Waals surface area contributed by atoms with Gasteiger partial charge in [-0.2, -0.15) is 0 Å². The summed E-state index contributed by atoms with van der Waals surface area (Å²) in [5, 5.41) is 0. The minimum atomic E-state index is 0.626. The van der Waals surface area contributed by atoms with E-state index in [0.29, 0.717) is 5.88 Å². The molecule has 0 atom stereocenters. The van der Waals surface area contributed by atoms with Gasteiger partial charge in [0.05, 0.1) is 7.11 Å². The van der Waals surface area contributed by atoms with Crippen molar-refractivity contribution in [3.05, 3.63) is 42.6 Å². The van der Waals surface area contributed by atoms with E-state index in [4.69, 9.17) is 4.74 Å². The van der Waals surface area contributed by atoms with Gasteiger partial charge in [0.1, 0.15) is 0 Å². The summed E-state index contributed by atoms with van der Waals surface area (Å²) < 4.78 is 4.97. The number of aromatic nitrogens is 1. The molecule has 74 valence electrons. The number of hydrogen-bond acceptors (Lipinski definition) is 2. The molecule has 0 aliphatic heterocycles. The fourth-order valence-electron chi connectivity index (χ4n) is 1.05. The summed E-state index contributed by atoms with van der Waals surface area (Å²) in [6.45, 7) is 6.04. The van der Waals surface area contributed by atoms with Gasteiger partial charge in [0, 0.05) is 12.3 Å². The molecule has 0 fully saturated rings. The van der Waals surface area contributed by atoms with Crippen LogP contribution in [0.5, 0.6) is 5.88 Å². The summed E-state index contributed by atoms with van der Waals surface area (Å²) in [6.07, 6.45) is 6.86. The highest BCUT2D eigenvalue weighted by molar-refractivity contribution is 5.71. The van der Waals surface area contributed by atoms with E-state index in [9.17, 15) is 0 Å². The largest absolute Gasteiger partial charge is 0.481 e. The molecule has 0 bridgehead atoms. The molecule has 1 heterocycles. The third-order valence-corrected chi connectivity index (χ3v) is 1.87. The molecule has 0 aliphatic rings. The van der Waals surface area contributed by atoms with Crippen molar-refractivity contribution in [2.75, 3.05) is 7.11 Å². The Bertz CT molecular complexity index is 325. The first-order valence-electron chi connectivity index (χ1n) is 4.63. The van der Waals surface area contributed by atoms with Crippen LogP contribution in [0.3, 0.4) is 0 Å². The number of methoxy groups -OCH3 is 1. The Morgan fingerprint density at radius 2 is 2.36 bits per heavy atom. The monoisotopic (exact) mass is 189 g/mol. The predicted octanol–water partition coefficient (Wildman–Crippen LogP) is 3.07. The maximum Gasteiger partial charge on any atom is 0.212 e. The van der Waals surface area contributed by atoms with E-state index in [1.54, 1.807) is 13.3 Å². The van der Waals surface area contributed by atoms with Crippen LogP contribution in [0.1, 0.15) is 18.9 Å². The van der Waals surface area contributed by atoms with Gasteiger partial charge >= 0.3 is 0 Å². The molecule has 1 aromatic rings. The van der Waals surface area contributed by atoms with Crippen molar-refractivity contribution in [3.8, 4) is 5.88 Å². The lowest BCUT2D eigenvalue weighted by atomic mass is 10.1. The van der Waals surface area contributed by atoms with Crippen LogP contribution in [-0.4, -0.2) is 12.1 Å². The number of hydrogen-bond donors (Lipinski definition) is 0. The summed E-state index contributed by atoms with van der Waals surface area (Å²) in [6, 6.07) is 3.79. The van der Waals surface area contributed by atoms with Crippen molar-refractivity contribution in [1.82, 2.24) is 4.98 Å². The van der Waals surface area contributed by atoms with Gasteiger partial charge in [0.15, 0.2) is 0 Å². The minimum absolute atomic E-state index is 0.626. The lowest BCUT2D eigenvalue weighted by Gasteiger charge is -2.01. The van der Waals surface area contributed by atoms with Crippen LogP contribution in [0.25, 0.3) is 5.57 Å². The second-order valence-electron chi connectivity index (χ2n) is 2.93. The summed E-state index contributed by atoms with van der Waals surface area (Å²) in [7, 11) is 1.60. The second kappa shape index (κ2) is 5.22. The van der Waals surface area contributed by atoms with Gasteiger partial charge in [-0.25, -0.2) is 4.98 Å². The van der Waals surface area contributed by atoms with E-state index >= 15 is 0 Å². The summed E-state index contributed by atoms with van der Waals surface area (Å²) in [5.74, 6) is 0.626. The van der Waals surface area contributed by atoms with Crippen molar-refractivity contribution >= 4 is 5.57 Å². The summed E-state index contributed by atoms with van der Waals surface area (Å²) in [4.78, 5) is 4.11. The molecule has 2 nitrogen and oxygen atoms in total. The highest BCUT2D eigenvalue weighted by Gasteiger charge is 1.96. The molecule has 0 spiro atoms. The molecule has 0 aliphatic carbocycles. The topological polar surface area (TPSA) is 22.1 Å². The van der Waals surface area contributed by atoms with E-state index in [2.05, 4.69) is 24.6 Å². The van der Waals surface area contributed by atoms with Crippen LogP contribution < -0.4 is 4.74 Å². The van der Waals surface area contributed by atoms with Crippen molar-refractivity contribution in [3.63, 3.8) is 0 Å². The molecule has 0 saturated heterocycles. The molecule has 0 aromatic carbocycles. The quantitative estimate of drug-likeness (QED) is 0.679. The maximum absolute atomic E-state index is 4.97. The van der Waals surface area contributed by atoms with E-state index in [1.165, 1.54) is 0 Å². The van der Waals surface area contributed by atoms with Gasteiger partial charge in [-0.1, -0.05) is 25.7 Å². The normalized spacial score (nSPS) is 10.4. The first-order chi connectivity index (χ1) is 6.77. The molecule has 14 heavy (non-hydrogen) atoms. The smallest absolute Gasteiger partial charge is 0.212 e. The molecule has 1 aromatic heterocycles. The van der Waals surface area contributed by atoms with E-state index in [0.717, 1.165) is 17.6 Å². The van der Waals surface area contributed by atoms with Crippen LogP contribution in [0.2, 0.25) is 0 Å². The zero-order valence-corrected chi connectivity index (χ0v) is 8.66. The lowest BCUT2D eigenvalue weighted by Crippen LogP contribution is -1.88. The number of pyridine rings is 1. The molecule has 0 saturated carbocycles. The van der Waals surface area contributed by atoms with Gasteiger partial charge in [-0.15, -0.1) is 0 Å². The minimum Gasteiger partial charge on any atom is -0.481 e. The summed E-state index contributed by atoms with van der Waals surface area (Å²) >= 11 is 0. The first-order valence-corrected chi connectivity index (χ1v) is 4.63. The van der Waals surface area contributed by atoms with Crippen molar-refractivity contribution in [2.24, 2.45) is 0 Å². The molecule has 1 rings (SSSR count). The highest BCUT2D eigenvalue weighted by atomic mass is 16.5. The fourth-order valence-corrected chi connectivity index (χ4v) is 1.05. The van der Waals surface area contributed by atoms with Gasteiger partial charge in [-0.05, 0) is 23.6 Å². The van der Waals surface area contributed by atoms with Crippen LogP contribution in [0, 0.1) is 0 Å². The second-order valence-corrected chi connectivity index (χ2v) is 2.93. The number of nitrogens with zero attached hydrogens (tertiary/aromatic N) is 1. The van der Waals surface area contributed by atoms with E-state index < -0.39 is 0 Å². The molecule has 0 amide bonds. The zero-order chi connectivity index (χ0) is 10.4. The van der Waals surface area contributed by atoms with Crippen molar-refractivity contribution in [2.45, 2.75) is 13.3 Å². The third-order valence-electron chi connectivity index (χ3n) is 1.87. The standard InChI is InChI=1S/C12H15NO/c1-4-5-6-10(2)11-7-8-12(14-3)13-9-11/h5-9H,2,4H2,1,3H3/b6-5-. The number of ether oxygens (including phenoxy) is 1. The van der Waals surface area contributed by atoms with Gasteiger partial charge in [-0.3, -0.25) is 0 Å². The molecule has 0 unspecified atom stereocenters. The Kier molecular flexibility index (Phi) is 3.92. The molecule has 2 heteroatoms. The lowest BCUT2D eigenvalue weighted by molar-refractivity contribution is 0.398. The van der Waals surface area contributed by atoms with E-state index in [-0.39, 0.29) is 0 Å². The first kappa shape index (κ1) is 10.5. The van der Waals surface area contributed by atoms with Crippen LogP contribution in [0.15, 0.2) is 37.1 Å². The average Bonchev–Trinajstić information content (AvgIpc) is 2.26. The van der Waals surface area contributed by atoms with Crippen LogP contribution >= 0.6 is 0 Å². The van der Waals surface area contributed by atoms with Crippen LogP contribution in [0.4, 0.5) is 0 Å². The SMILES string of the molecule is C=C(/C=C\CC)c1ccc(OC)nc1. The highest BCUT2D eigenvalue weighted by Crippen LogP contribution is 2.15. The fraction of sp³-hybridized carbons (Fsp3) is 0.250. The Morgan fingerprint density at radius 3 is 2.86 bits per heavy atom. The third kappa shape index (κ3) is 2.73. The predicted molar refractivity (Wildman–Crippen MR) is 59.3 cm³/mol. The van der Waals surface area contributed by atoms with Crippen molar-refractivity contribution in [1.29, 1.82) is 0 Å². The number of rotatable bonds is 4. The Labute approximate surface area is 84.9 Å². The van der Waals surface area contributed by atoms with E-state index in [1.807, 2.05) is 18.2 Å².